The summed E-state index contributed by atoms with van der Waals surface area (Å²) in [5.41, 5.74) is 2.74. The van der Waals surface area contributed by atoms with Crippen LogP contribution in [0.1, 0.15) is 25.8 Å². The first-order chi connectivity index (χ1) is 10.6. The number of ether oxygens (including phenoxy) is 1. The van der Waals surface area contributed by atoms with Gasteiger partial charge in [0.25, 0.3) is 5.56 Å². The third-order valence-electron chi connectivity index (χ3n) is 4.02. The topological polar surface area (TPSA) is 43.3 Å². The lowest BCUT2D eigenvalue weighted by molar-refractivity contribution is 0.415. The molecule has 2 aromatic rings. The van der Waals surface area contributed by atoms with E-state index in [0.717, 1.165) is 29.0 Å². The summed E-state index contributed by atoms with van der Waals surface area (Å²) in [5.74, 6) is 0.808. The number of nitrogens with zero attached hydrogens (tertiary/aromatic N) is 1. The van der Waals surface area contributed by atoms with E-state index in [0.29, 0.717) is 12.6 Å². The van der Waals surface area contributed by atoms with Gasteiger partial charge in [-0.1, -0.05) is 13.0 Å². The van der Waals surface area contributed by atoms with Crippen LogP contribution in [0.5, 0.6) is 5.75 Å². The Kier molecular flexibility index (Phi) is 5.39. The minimum atomic E-state index is 0.0455. The monoisotopic (exact) mass is 300 g/mol. The summed E-state index contributed by atoms with van der Waals surface area (Å²) in [4.78, 5) is 12.5. The molecule has 0 saturated carbocycles. The minimum absolute atomic E-state index is 0.0455. The Balaban J connectivity index is 2.27. The number of benzene rings is 1. The molecule has 1 aromatic carbocycles. The lowest BCUT2D eigenvalue weighted by Crippen LogP contribution is -2.30. The highest BCUT2D eigenvalue weighted by Crippen LogP contribution is 2.21. The highest BCUT2D eigenvalue weighted by Gasteiger charge is 2.08. The van der Waals surface area contributed by atoms with Gasteiger partial charge in [0.05, 0.1) is 12.8 Å². The van der Waals surface area contributed by atoms with Crippen molar-refractivity contribution in [3.05, 3.63) is 52.3 Å². The summed E-state index contributed by atoms with van der Waals surface area (Å²) in [5, 5.41) is 3.36. The average molecular weight is 300 g/mol. The maximum atomic E-state index is 12.5. The second-order valence-corrected chi connectivity index (χ2v) is 5.53. The molecule has 118 valence electrons. The van der Waals surface area contributed by atoms with Crippen LogP contribution >= 0.6 is 0 Å². The van der Waals surface area contributed by atoms with Crippen molar-refractivity contribution in [2.75, 3.05) is 7.11 Å². The Hall–Kier alpha value is -2.07. The average Bonchev–Trinajstić information content (AvgIpc) is 2.56. The Morgan fingerprint density at radius 2 is 1.86 bits per heavy atom. The first-order valence-electron chi connectivity index (χ1n) is 7.63. The molecule has 1 N–H and O–H groups in total. The Morgan fingerprint density at radius 3 is 2.45 bits per heavy atom. The second-order valence-electron chi connectivity index (χ2n) is 5.53. The number of aromatic nitrogens is 1. The molecular formula is C18H24N2O2. The van der Waals surface area contributed by atoms with Gasteiger partial charge in [0, 0.05) is 25.2 Å². The van der Waals surface area contributed by atoms with Crippen LogP contribution < -0.4 is 15.6 Å². The second kappa shape index (κ2) is 7.27. The van der Waals surface area contributed by atoms with Crippen LogP contribution in [0.4, 0.5) is 0 Å². The highest BCUT2D eigenvalue weighted by molar-refractivity contribution is 5.60. The number of methoxy groups -OCH3 is 1. The van der Waals surface area contributed by atoms with Crippen LogP contribution in [0.15, 0.2) is 41.2 Å². The minimum Gasteiger partial charge on any atom is -0.497 e. The van der Waals surface area contributed by atoms with E-state index in [4.69, 9.17) is 4.74 Å². The molecule has 1 aromatic heterocycles. The summed E-state index contributed by atoms with van der Waals surface area (Å²) in [7, 11) is 3.46. The predicted octanol–water partition coefficient (Wildman–Crippen LogP) is 2.95. The zero-order chi connectivity index (χ0) is 16.1. The van der Waals surface area contributed by atoms with Crippen LogP contribution in [0.3, 0.4) is 0 Å². The lowest BCUT2D eigenvalue weighted by Gasteiger charge is -2.14. The van der Waals surface area contributed by atoms with E-state index in [1.807, 2.05) is 43.4 Å². The summed E-state index contributed by atoms with van der Waals surface area (Å²) in [6.45, 7) is 4.85. The molecule has 0 amide bonds. The Labute approximate surface area is 131 Å². The van der Waals surface area contributed by atoms with E-state index in [9.17, 15) is 4.79 Å². The number of nitrogens with one attached hydrogen (secondary N) is 1. The molecule has 0 aliphatic rings. The molecule has 2 rings (SSSR count). The maximum absolute atomic E-state index is 12.5. The molecule has 0 aliphatic carbocycles. The number of hydrogen-bond donors (Lipinski definition) is 1. The van der Waals surface area contributed by atoms with Crippen LogP contribution in [0.2, 0.25) is 0 Å². The molecule has 22 heavy (non-hydrogen) atoms. The highest BCUT2D eigenvalue weighted by atomic mass is 16.5. The van der Waals surface area contributed by atoms with E-state index in [1.54, 1.807) is 11.7 Å². The summed E-state index contributed by atoms with van der Waals surface area (Å²) in [6, 6.07) is 12.0. The van der Waals surface area contributed by atoms with Gasteiger partial charge in [-0.3, -0.25) is 4.79 Å². The van der Waals surface area contributed by atoms with E-state index in [1.165, 1.54) is 0 Å². The van der Waals surface area contributed by atoms with Crippen molar-refractivity contribution in [3.8, 4) is 17.0 Å². The smallest absolute Gasteiger partial charge is 0.255 e. The number of rotatable bonds is 6. The first-order valence-corrected chi connectivity index (χ1v) is 7.63. The van der Waals surface area contributed by atoms with Crippen LogP contribution in [-0.4, -0.2) is 17.7 Å². The third kappa shape index (κ3) is 3.57. The Morgan fingerprint density at radius 1 is 1.18 bits per heavy atom. The van der Waals surface area contributed by atoms with Crippen molar-refractivity contribution in [2.24, 2.45) is 7.05 Å². The fraction of sp³-hybridized carbons (Fsp3) is 0.389. The molecule has 0 fully saturated rings. The van der Waals surface area contributed by atoms with Crippen LogP contribution in [0.25, 0.3) is 11.3 Å². The zero-order valence-corrected chi connectivity index (χ0v) is 13.7. The fourth-order valence-electron chi connectivity index (χ4n) is 2.30. The van der Waals surface area contributed by atoms with E-state index in [2.05, 4.69) is 19.2 Å². The van der Waals surface area contributed by atoms with Crippen molar-refractivity contribution >= 4 is 0 Å². The van der Waals surface area contributed by atoms with Gasteiger partial charge in [0.2, 0.25) is 0 Å². The SMILES string of the molecule is CCC(C)NCc1ccc(-c2ccc(OC)cc2)n(C)c1=O. The van der Waals surface area contributed by atoms with Gasteiger partial charge in [-0.15, -0.1) is 0 Å². The van der Waals surface area contributed by atoms with E-state index < -0.39 is 0 Å². The van der Waals surface area contributed by atoms with Crippen LogP contribution in [-0.2, 0) is 13.6 Å². The Bertz CT molecular complexity index is 674. The van der Waals surface area contributed by atoms with Gasteiger partial charge in [0.1, 0.15) is 5.75 Å². The third-order valence-corrected chi connectivity index (χ3v) is 4.02. The van der Waals surface area contributed by atoms with Crippen molar-refractivity contribution in [3.63, 3.8) is 0 Å². The predicted molar refractivity (Wildman–Crippen MR) is 90.3 cm³/mol. The van der Waals surface area contributed by atoms with Gasteiger partial charge in [-0.2, -0.15) is 0 Å². The van der Waals surface area contributed by atoms with Crippen molar-refractivity contribution in [1.29, 1.82) is 0 Å². The standard InChI is InChI=1S/C18H24N2O2/c1-5-13(2)19-12-15-8-11-17(20(3)18(15)21)14-6-9-16(22-4)10-7-14/h6-11,13,19H,5,12H2,1-4H3. The summed E-state index contributed by atoms with van der Waals surface area (Å²) in [6.07, 6.45) is 1.05. The summed E-state index contributed by atoms with van der Waals surface area (Å²) >= 11 is 0. The van der Waals surface area contributed by atoms with Gasteiger partial charge < -0.3 is 14.6 Å². The zero-order valence-electron chi connectivity index (χ0n) is 13.7. The quantitative estimate of drug-likeness (QED) is 0.892. The molecule has 0 aliphatic heterocycles. The summed E-state index contributed by atoms with van der Waals surface area (Å²) < 4.78 is 6.87. The van der Waals surface area contributed by atoms with E-state index in [-0.39, 0.29) is 5.56 Å². The van der Waals surface area contributed by atoms with Gasteiger partial charge in [-0.25, -0.2) is 0 Å². The van der Waals surface area contributed by atoms with E-state index >= 15 is 0 Å². The molecule has 0 spiro atoms. The molecule has 1 heterocycles. The number of pyridine rings is 1. The van der Waals surface area contributed by atoms with Crippen LogP contribution in [0, 0.1) is 0 Å². The number of hydrogen-bond acceptors (Lipinski definition) is 3. The van der Waals surface area contributed by atoms with Gasteiger partial charge in [-0.05, 0) is 49.2 Å². The molecule has 0 saturated heterocycles. The normalized spacial score (nSPS) is 12.2. The fourth-order valence-corrected chi connectivity index (χ4v) is 2.30. The largest absolute Gasteiger partial charge is 0.497 e. The molecule has 1 atom stereocenters. The van der Waals surface area contributed by atoms with Crippen molar-refractivity contribution < 1.29 is 4.74 Å². The molecule has 4 nitrogen and oxygen atoms in total. The maximum Gasteiger partial charge on any atom is 0.255 e. The van der Waals surface area contributed by atoms with Crippen molar-refractivity contribution in [2.45, 2.75) is 32.9 Å². The lowest BCUT2D eigenvalue weighted by atomic mass is 10.1. The molecule has 1 unspecified atom stereocenters. The first kappa shape index (κ1) is 16.3. The van der Waals surface area contributed by atoms with Gasteiger partial charge >= 0.3 is 0 Å². The van der Waals surface area contributed by atoms with Gasteiger partial charge in [0.15, 0.2) is 0 Å². The molecule has 4 heteroatoms. The molecular weight excluding hydrogens is 276 g/mol. The van der Waals surface area contributed by atoms with Crippen molar-refractivity contribution in [1.82, 2.24) is 9.88 Å². The molecule has 0 radical (unpaired) electrons. The molecule has 0 bridgehead atoms.